The molecule has 2 rings (SSSR count). The first kappa shape index (κ1) is 23.5. The highest BCUT2D eigenvalue weighted by molar-refractivity contribution is 14.1. The number of nitrogens with one attached hydrogen (secondary N) is 1. The zero-order valence-electron chi connectivity index (χ0n) is 17.1. The van der Waals surface area contributed by atoms with Crippen LogP contribution in [-0.2, 0) is 4.79 Å². The van der Waals surface area contributed by atoms with Gasteiger partial charge in [0.15, 0.2) is 0 Å². The van der Waals surface area contributed by atoms with Gasteiger partial charge in [0.1, 0.15) is 6.04 Å². The number of carbonyl (C=O) groups excluding carboxylic acids is 2. The minimum atomic E-state index is -0.980. The molecule has 0 aliphatic rings. The van der Waals surface area contributed by atoms with Gasteiger partial charge in [-0.2, -0.15) is 0 Å². The van der Waals surface area contributed by atoms with Crippen LogP contribution in [0.15, 0.2) is 61.2 Å². The summed E-state index contributed by atoms with van der Waals surface area (Å²) in [6, 6.07) is 11.8. The average Bonchev–Trinajstić information content (AvgIpc) is 2.66. The van der Waals surface area contributed by atoms with E-state index in [1.54, 1.807) is 18.2 Å². The molecule has 0 bridgehead atoms. The molecule has 0 aliphatic carbocycles. The Morgan fingerprint density at radius 1 is 1.20 bits per heavy atom. The number of amides is 2. The summed E-state index contributed by atoms with van der Waals surface area (Å²) in [5, 5.41) is 13.9. The third-order valence-corrected chi connectivity index (χ3v) is 5.11. The lowest BCUT2D eigenvalue weighted by molar-refractivity contribution is -0.384. The molecule has 0 fully saturated rings. The van der Waals surface area contributed by atoms with E-state index >= 15 is 0 Å². The maximum atomic E-state index is 13.4. The Morgan fingerprint density at radius 2 is 1.80 bits per heavy atom. The predicted molar refractivity (Wildman–Crippen MR) is 124 cm³/mol. The summed E-state index contributed by atoms with van der Waals surface area (Å²) in [4.78, 5) is 38.6. The number of nitro groups is 1. The fourth-order valence-electron chi connectivity index (χ4n) is 2.92. The fraction of sp³-hybridized carbons (Fsp3) is 0.273. The van der Waals surface area contributed by atoms with Gasteiger partial charge in [0.2, 0.25) is 5.91 Å². The van der Waals surface area contributed by atoms with Crippen LogP contribution in [0.3, 0.4) is 0 Å². The normalized spacial score (nSPS) is 12.0. The summed E-state index contributed by atoms with van der Waals surface area (Å²) in [6.07, 6.45) is 1.55. The van der Waals surface area contributed by atoms with Crippen LogP contribution in [0, 0.1) is 13.7 Å². The maximum absolute atomic E-state index is 13.4. The van der Waals surface area contributed by atoms with E-state index in [1.807, 2.05) is 32.9 Å². The lowest BCUT2D eigenvalue weighted by atomic mass is 10.00. The highest BCUT2D eigenvalue weighted by Gasteiger charge is 2.34. The Labute approximate surface area is 189 Å². The zero-order valence-corrected chi connectivity index (χ0v) is 19.3. The first-order valence-electron chi connectivity index (χ1n) is 9.28. The van der Waals surface area contributed by atoms with Crippen molar-refractivity contribution in [3.63, 3.8) is 0 Å². The van der Waals surface area contributed by atoms with Crippen LogP contribution in [0.4, 0.5) is 5.69 Å². The van der Waals surface area contributed by atoms with E-state index in [0.717, 1.165) is 3.57 Å². The molecule has 2 aromatic rings. The lowest BCUT2D eigenvalue weighted by Crippen LogP contribution is -2.49. The smallest absolute Gasteiger partial charge is 0.269 e. The highest BCUT2D eigenvalue weighted by atomic mass is 127. The molecule has 0 aliphatic heterocycles. The SMILES string of the molecule is C=CCN(C(=O)c1ccccc1I)C(C(=O)NC(C)(C)C)c1ccc([N+](=O)[O-])cc1. The monoisotopic (exact) mass is 521 g/mol. The quantitative estimate of drug-likeness (QED) is 0.252. The van der Waals surface area contributed by atoms with Gasteiger partial charge in [-0.3, -0.25) is 19.7 Å². The summed E-state index contributed by atoms with van der Waals surface area (Å²) in [6.45, 7) is 9.39. The molecule has 2 amide bonds. The third-order valence-electron chi connectivity index (χ3n) is 4.17. The van der Waals surface area contributed by atoms with Crippen LogP contribution in [-0.4, -0.2) is 33.7 Å². The summed E-state index contributed by atoms with van der Waals surface area (Å²) in [7, 11) is 0. The van der Waals surface area contributed by atoms with Gasteiger partial charge in [-0.15, -0.1) is 6.58 Å². The van der Waals surface area contributed by atoms with Gasteiger partial charge in [0, 0.05) is 27.8 Å². The van der Waals surface area contributed by atoms with Crippen molar-refractivity contribution in [2.45, 2.75) is 32.4 Å². The van der Waals surface area contributed by atoms with Crippen molar-refractivity contribution < 1.29 is 14.5 Å². The van der Waals surface area contributed by atoms with Crippen molar-refractivity contribution in [1.82, 2.24) is 10.2 Å². The molecule has 1 unspecified atom stereocenters. The Morgan fingerprint density at radius 3 is 2.30 bits per heavy atom. The summed E-state index contributed by atoms with van der Waals surface area (Å²) in [5.41, 5.74) is 0.326. The van der Waals surface area contributed by atoms with Crippen LogP contribution in [0.2, 0.25) is 0 Å². The first-order valence-corrected chi connectivity index (χ1v) is 10.4. The second kappa shape index (κ2) is 9.84. The maximum Gasteiger partial charge on any atom is 0.269 e. The van der Waals surface area contributed by atoms with Gasteiger partial charge < -0.3 is 10.2 Å². The number of carbonyl (C=O) groups is 2. The van der Waals surface area contributed by atoms with Crippen LogP contribution < -0.4 is 5.32 Å². The van der Waals surface area contributed by atoms with Crippen molar-refractivity contribution in [2.24, 2.45) is 0 Å². The molecule has 2 aromatic carbocycles. The van der Waals surface area contributed by atoms with Crippen LogP contribution in [0.5, 0.6) is 0 Å². The molecule has 158 valence electrons. The number of hydrogen-bond donors (Lipinski definition) is 1. The second-order valence-corrected chi connectivity index (χ2v) is 8.88. The van der Waals surface area contributed by atoms with Crippen LogP contribution in [0.1, 0.15) is 42.7 Å². The Hall–Kier alpha value is -2.75. The Balaban J connectivity index is 2.56. The molecule has 0 saturated carbocycles. The van der Waals surface area contributed by atoms with Crippen molar-refractivity contribution in [1.29, 1.82) is 0 Å². The number of hydrogen-bond acceptors (Lipinski definition) is 4. The minimum absolute atomic E-state index is 0.0899. The van der Waals surface area contributed by atoms with Crippen molar-refractivity contribution >= 4 is 40.1 Å². The highest BCUT2D eigenvalue weighted by Crippen LogP contribution is 2.27. The van der Waals surface area contributed by atoms with E-state index in [-0.39, 0.29) is 24.0 Å². The van der Waals surface area contributed by atoms with Crippen molar-refractivity contribution in [3.8, 4) is 0 Å². The number of halogens is 1. The van der Waals surface area contributed by atoms with Gasteiger partial charge in [0.25, 0.3) is 11.6 Å². The molecule has 0 radical (unpaired) electrons. The van der Waals surface area contributed by atoms with Gasteiger partial charge in [-0.25, -0.2) is 0 Å². The van der Waals surface area contributed by atoms with E-state index < -0.39 is 16.5 Å². The predicted octanol–water partition coefficient (Wildman–Crippen LogP) is 4.48. The Bertz CT molecular complexity index is 952. The topological polar surface area (TPSA) is 92.6 Å². The molecule has 0 heterocycles. The molecule has 7 nitrogen and oxygen atoms in total. The van der Waals surface area contributed by atoms with E-state index in [2.05, 4.69) is 34.5 Å². The number of nitrogens with zero attached hydrogens (tertiary/aromatic N) is 2. The van der Waals surface area contributed by atoms with Gasteiger partial charge >= 0.3 is 0 Å². The minimum Gasteiger partial charge on any atom is -0.349 e. The average molecular weight is 521 g/mol. The molecule has 8 heteroatoms. The second-order valence-electron chi connectivity index (χ2n) is 7.72. The number of nitro benzene ring substituents is 1. The van der Waals surface area contributed by atoms with Gasteiger partial charge in [-0.1, -0.05) is 18.2 Å². The van der Waals surface area contributed by atoms with Crippen molar-refractivity contribution in [2.75, 3.05) is 6.54 Å². The molecule has 0 aromatic heterocycles. The summed E-state index contributed by atoms with van der Waals surface area (Å²) in [5.74, 6) is -0.704. The first-order chi connectivity index (χ1) is 14.0. The molecular formula is C22H24IN3O4. The van der Waals surface area contributed by atoms with Gasteiger partial charge in [-0.05, 0) is 73.2 Å². The fourth-order valence-corrected chi connectivity index (χ4v) is 3.54. The summed E-state index contributed by atoms with van der Waals surface area (Å²) >= 11 is 2.08. The Kier molecular flexibility index (Phi) is 7.71. The molecule has 0 saturated heterocycles. The van der Waals surface area contributed by atoms with Crippen LogP contribution >= 0.6 is 22.6 Å². The molecular weight excluding hydrogens is 497 g/mol. The van der Waals surface area contributed by atoms with Gasteiger partial charge in [0.05, 0.1) is 10.5 Å². The number of rotatable bonds is 7. The van der Waals surface area contributed by atoms with E-state index in [1.165, 1.54) is 29.2 Å². The number of non-ortho nitro benzene ring substituents is 1. The van der Waals surface area contributed by atoms with E-state index in [4.69, 9.17) is 0 Å². The van der Waals surface area contributed by atoms with Crippen molar-refractivity contribution in [3.05, 3.63) is 86.0 Å². The van der Waals surface area contributed by atoms with E-state index in [9.17, 15) is 19.7 Å². The molecule has 1 N–H and O–H groups in total. The number of benzene rings is 2. The standard InChI is InChI=1S/C22H24IN3O4/c1-5-14-25(21(28)17-8-6-7-9-18(17)23)19(20(27)24-22(2,3)4)15-10-12-16(13-11-15)26(29)30/h5-13,19H,1,14H2,2-4H3,(H,24,27). The lowest BCUT2D eigenvalue weighted by Gasteiger charge is -2.33. The largest absolute Gasteiger partial charge is 0.349 e. The zero-order chi connectivity index (χ0) is 22.5. The molecule has 1 atom stereocenters. The summed E-state index contributed by atoms with van der Waals surface area (Å²) < 4.78 is 0.757. The molecule has 0 spiro atoms. The van der Waals surface area contributed by atoms with E-state index in [0.29, 0.717) is 11.1 Å². The van der Waals surface area contributed by atoms with Crippen LogP contribution in [0.25, 0.3) is 0 Å². The third kappa shape index (κ3) is 5.88. The molecule has 30 heavy (non-hydrogen) atoms.